The number of hydrogen-bond donors (Lipinski definition) is 2. The summed E-state index contributed by atoms with van der Waals surface area (Å²) in [4.78, 5) is 14.9. The number of pyridine rings is 2. The van der Waals surface area contributed by atoms with Crippen molar-refractivity contribution in [3.63, 3.8) is 0 Å². The summed E-state index contributed by atoms with van der Waals surface area (Å²) in [5.41, 5.74) is 2.94. The Kier molecular flexibility index (Phi) is 6.28. The van der Waals surface area contributed by atoms with Crippen molar-refractivity contribution in [1.82, 2.24) is 20.6 Å². The first kappa shape index (κ1) is 19.9. The van der Waals surface area contributed by atoms with Crippen LogP contribution in [0.4, 0.5) is 10.2 Å². The Bertz CT molecular complexity index is 857. The highest BCUT2D eigenvalue weighted by molar-refractivity contribution is 5.80. The Morgan fingerprint density at radius 3 is 2.93 bits per heavy atom. The van der Waals surface area contributed by atoms with Gasteiger partial charge < -0.3 is 20.3 Å². The van der Waals surface area contributed by atoms with Crippen molar-refractivity contribution in [3.8, 4) is 5.75 Å². The van der Waals surface area contributed by atoms with Crippen LogP contribution in [0.1, 0.15) is 23.2 Å². The van der Waals surface area contributed by atoms with Gasteiger partial charge in [0.15, 0.2) is 17.6 Å². The van der Waals surface area contributed by atoms with Gasteiger partial charge in [-0.2, -0.15) is 0 Å². The molecule has 0 aromatic carbocycles. The van der Waals surface area contributed by atoms with Crippen LogP contribution in [0.3, 0.4) is 0 Å². The molecule has 1 aliphatic rings. The van der Waals surface area contributed by atoms with Gasteiger partial charge in [-0.15, -0.1) is 0 Å². The van der Waals surface area contributed by atoms with E-state index in [0.29, 0.717) is 24.9 Å². The van der Waals surface area contributed by atoms with Crippen LogP contribution in [0.2, 0.25) is 0 Å². The number of guanidine groups is 1. The molecule has 1 saturated heterocycles. The molecule has 0 saturated carbocycles. The van der Waals surface area contributed by atoms with Crippen molar-refractivity contribution < 1.29 is 9.13 Å². The second-order valence-electron chi connectivity index (χ2n) is 6.86. The number of hydrogen-bond acceptors (Lipinski definition) is 5. The Morgan fingerprint density at radius 1 is 1.39 bits per heavy atom. The SMILES string of the molecule is CN=C(NCc1ncc(C)c(OC)c1C)NC1CCN(c2ncccc2F)C1. The Morgan fingerprint density at radius 2 is 2.21 bits per heavy atom. The van der Waals surface area contributed by atoms with Crippen molar-refractivity contribution in [1.29, 1.82) is 0 Å². The van der Waals surface area contributed by atoms with Crippen LogP contribution in [0, 0.1) is 19.7 Å². The average Bonchev–Trinajstić information content (AvgIpc) is 3.15. The number of aryl methyl sites for hydroxylation is 1. The van der Waals surface area contributed by atoms with E-state index < -0.39 is 0 Å². The summed E-state index contributed by atoms with van der Waals surface area (Å²) in [7, 11) is 3.40. The van der Waals surface area contributed by atoms with Gasteiger partial charge in [-0.25, -0.2) is 9.37 Å². The van der Waals surface area contributed by atoms with Crippen molar-refractivity contribution in [3.05, 3.63) is 47.2 Å². The predicted molar refractivity (Wildman–Crippen MR) is 108 cm³/mol. The van der Waals surface area contributed by atoms with Crippen molar-refractivity contribution >= 4 is 11.8 Å². The molecule has 1 fully saturated rings. The topological polar surface area (TPSA) is 74.7 Å². The lowest BCUT2D eigenvalue weighted by Gasteiger charge is -2.20. The first-order valence-electron chi connectivity index (χ1n) is 9.35. The minimum Gasteiger partial charge on any atom is -0.496 e. The molecule has 1 atom stereocenters. The summed E-state index contributed by atoms with van der Waals surface area (Å²) in [5.74, 6) is 1.66. The van der Waals surface area contributed by atoms with Crippen molar-refractivity contribution in [2.45, 2.75) is 32.9 Å². The molecule has 0 aliphatic carbocycles. The molecule has 8 heteroatoms. The van der Waals surface area contributed by atoms with E-state index in [1.54, 1.807) is 26.4 Å². The summed E-state index contributed by atoms with van der Waals surface area (Å²) in [6.45, 7) is 5.94. The van der Waals surface area contributed by atoms with Crippen LogP contribution in [-0.2, 0) is 6.54 Å². The number of rotatable bonds is 5. The molecule has 2 N–H and O–H groups in total. The molecule has 0 spiro atoms. The minimum absolute atomic E-state index is 0.161. The summed E-state index contributed by atoms with van der Waals surface area (Å²) in [5, 5.41) is 6.71. The first-order valence-corrected chi connectivity index (χ1v) is 9.35. The number of ether oxygens (including phenoxy) is 1. The van der Waals surface area contributed by atoms with E-state index in [1.807, 2.05) is 24.9 Å². The monoisotopic (exact) mass is 386 g/mol. The van der Waals surface area contributed by atoms with Gasteiger partial charge in [0.05, 0.1) is 19.3 Å². The lowest BCUT2D eigenvalue weighted by atomic mass is 10.1. The van der Waals surface area contributed by atoms with Crippen LogP contribution in [0.15, 0.2) is 29.5 Å². The van der Waals surface area contributed by atoms with E-state index in [9.17, 15) is 4.39 Å². The average molecular weight is 386 g/mol. The highest BCUT2D eigenvalue weighted by atomic mass is 19.1. The molecule has 150 valence electrons. The van der Waals surface area contributed by atoms with Crippen molar-refractivity contribution in [2.75, 3.05) is 32.1 Å². The molecule has 3 heterocycles. The highest BCUT2D eigenvalue weighted by Gasteiger charge is 2.26. The van der Waals surface area contributed by atoms with E-state index in [2.05, 4.69) is 25.6 Å². The molecule has 2 aromatic rings. The smallest absolute Gasteiger partial charge is 0.191 e. The zero-order valence-electron chi connectivity index (χ0n) is 16.8. The third-order valence-corrected chi connectivity index (χ3v) is 4.96. The van der Waals surface area contributed by atoms with Gasteiger partial charge in [0, 0.05) is 49.7 Å². The molecular formula is C20H27FN6O. The van der Waals surface area contributed by atoms with Gasteiger partial charge in [-0.05, 0) is 32.4 Å². The first-order chi connectivity index (χ1) is 13.5. The molecule has 7 nitrogen and oxygen atoms in total. The summed E-state index contributed by atoms with van der Waals surface area (Å²) in [6, 6.07) is 3.20. The molecule has 3 rings (SSSR count). The van der Waals surface area contributed by atoms with E-state index in [1.165, 1.54) is 6.07 Å². The molecular weight excluding hydrogens is 359 g/mol. The lowest BCUT2D eigenvalue weighted by molar-refractivity contribution is 0.406. The number of halogens is 1. The Labute approximate surface area is 165 Å². The van der Waals surface area contributed by atoms with Crippen LogP contribution >= 0.6 is 0 Å². The molecule has 1 aliphatic heterocycles. The largest absolute Gasteiger partial charge is 0.496 e. The molecule has 2 aromatic heterocycles. The zero-order chi connectivity index (χ0) is 20.1. The fourth-order valence-electron chi connectivity index (χ4n) is 3.49. The van der Waals surface area contributed by atoms with E-state index in [0.717, 1.165) is 35.5 Å². The number of aliphatic imine (C=N–C) groups is 1. The van der Waals surface area contributed by atoms with Gasteiger partial charge in [0.1, 0.15) is 5.75 Å². The Balaban J connectivity index is 1.58. The highest BCUT2D eigenvalue weighted by Crippen LogP contribution is 2.24. The quantitative estimate of drug-likeness (QED) is 0.606. The van der Waals surface area contributed by atoms with E-state index in [4.69, 9.17) is 4.74 Å². The summed E-state index contributed by atoms with van der Waals surface area (Å²) >= 11 is 0. The third kappa shape index (κ3) is 4.32. The number of nitrogens with one attached hydrogen (secondary N) is 2. The Hall–Kier alpha value is -2.90. The normalized spacial score (nSPS) is 17.0. The van der Waals surface area contributed by atoms with E-state index >= 15 is 0 Å². The molecule has 0 radical (unpaired) electrons. The van der Waals surface area contributed by atoms with Gasteiger partial charge in [-0.3, -0.25) is 9.98 Å². The van der Waals surface area contributed by atoms with Gasteiger partial charge in [0.25, 0.3) is 0 Å². The molecule has 1 unspecified atom stereocenters. The van der Waals surface area contributed by atoms with Gasteiger partial charge >= 0.3 is 0 Å². The fourth-order valence-corrected chi connectivity index (χ4v) is 3.49. The second kappa shape index (κ2) is 8.86. The summed E-state index contributed by atoms with van der Waals surface area (Å²) in [6.07, 6.45) is 4.31. The number of methoxy groups -OCH3 is 1. The van der Waals surface area contributed by atoms with Gasteiger partial charge in [0.2, 0.25) is 0 Å². The van der Waals surface area contributed by atoms with Crippen LogP contribution in [0.25, 0.3) is 0 Å². The summed E-state index contributed by atoms with van der Waals surface area (Å²) < 4.78 is 19.4. The third-order valence-electron chi connectivity index (χ3n) is 4.96. The number of nitrogens with zero attached hydrogens (tertiary/aromatic N) is 4. The standard InChI is InChI=1S/C20H27FN6O/c1-13-10-24-17(14(2)18(13)28-4)11-25-20(22-3)26-15-7-9-27(12-15)19-16(21)6-5-8-23-19/h5-6,8,10,15H,7,9,11-12H2,1-4H3,(H2,22,25,26). The van der Waals surface area contributed by atoms with Gasteiger partial charge in [-0.1, -0.05) is 0 Å². The van der Waals surface area contributed by atoms with E-state index in [-0.39, 0.29) is 11.9 Å². The number of anilines is 1. The fraction of sp³-hybridized carbons (Fsp3) is 0.450. The van der Waals surface area contributed by atoms with Crippen LogP contribution in [0.5, 0.6) is 5.75 Å². The molecule has 0 bridgehead atoms. The maximum atomic E-state index is 14.0. The maximum Gasteiger partial charge on any atom is 0.191 e. The van der Waals surface area contributed by atoms with Crippen molar-refractivity contribution in [2.24, 2.45) is 4.99 Å². The lowest BCUT2D eigenvalue weighted by Crippen LogP contribution is -2.44. The predicted octanol–water partition coefficient (Wildman–Crippen LogP) is 2.19. The minimum atomic E-state index is -0.291. The maximum absolute atomic E-state index is 14.0. The molecule has 0 amide bonds. The van der Waals surface area contributed by atoms with Crippen LogP contribution < -0.4 is 20.3 Å². The zero-order valence-corrected chi connectivity index (χ0v) is 16.8. The van der Waals surface area contributed by atoms with Crippen LogP contribution in [-0.4, -0.2) is 49.2 Å². The second-order valence-corrected chi connectivity index (χ2v) is 6.86. The number of aromatic nitrogens is 2. The molecule has 28 heavy (non-hydrogen) atoms.